The van der Waals surface area contributed by atoms with Gasteiger partial charge >= 0.3 is 0 Å². The van der Waals surface area contributed by atoms with Crippen LogP contribution in [-0.2, 0) is 11.2 Å². The number of carbonyl (C=O) groups excluding carboxylic acids is 1. The molecule has 1 saturated heterocycles. The zero-order chi connectivity index (χ0) is 28.9. The molecule has 0 atom stereocenters. The van der Waals surface area contributed by atoms with E-state index in [0.717, 1.165) is 49.4 Å². The largest absolute Gasteiger partial charge is 0.481 e. The molecule has 4 rings (SSSR count). The normalized spacial score (nSPS) is 13.8. The minimum absolute atomic E-state index is 0.209. The number of carbonyl (C=O) groups is 1. The van der Waals surface area contributed by atoms with E-state index in [2.05, 4.69) is 43.6 Å². The molecule has 0 bridgehead atoms. The van der Waals surface area contributed by atoms with Crippen molar-refractivity contribution in [3.05, 3.63) is 96.0 Å². The summed E-state index contributed by atoms with van der Waals surface area (Å²) in [5.74, 6) is 1.76. The maximum atomic E-state index is 13.0. The van der Waals surface area contributed by atoms with Crippen molar-refractivity contribution >= 4 is 23.4 Å². The highest BCUT2D eigenvalue weighted by molar-refractivity contribution is 6.11. The molecule has 1 amide bonds. The van der Waals surface area contributed by atoms with Crippen LogP contribution in [-0.4, -0.2) is 72.7 Å². The summed E-state index contributed by atoms with van der Waals surface area (Å²) < 4.78 is 18.1. The SMILES string of the molecule is C=CCc1ccc(C(C)=NC(=NC)c2ccc(F)cc2)cc1.CCC(=O)N1CCN(c2nccc(OC)n2)CC1. The van der Waals surface area contributed by atoms with Crippen LogP contribution in [0.2, 0.25) is 0 Å². The molecular formula is C31H37FN6O2. The number of amidine groups is 1. The minimum atomic E-state index is -0.266. The molecule has 0 saturated carbocycles. The number of aromatic nitrogens is 2. The van der Waals surface area contributed by atoms with Gasteiger partial charge in [0.15, 0.2) is 5.84 Å². The topological polar surface area (TPSA) is 83.3 Å². The van der Waals surface area contributed by atoms with Gasteiger partial charge in [-0.25, -0.2) is 14.4 Å². The standard InChI is InChI=1S/C19H19FN2.C12H18N4O2/c1-4-5-15-6-8-16(9-7-15)14(2)22-19(21-3)17-10-12-18(20)13-11-17;1-3-11(17)15-6-8-16(9-7-15)12-13-5-4-10(14-12)18-2/h4,6-13H,1,5H2,2-3H3;4-5H,3,6-9H2,1-2H3. The molecular weight excluding hydrogens is 507 g/mol. The molecule has 0 aliphatic carbocycles. The van der Waals surface area contributed by atoms with Gasteiger partial charge in [-0.2, -0.15) is 4.98 Å². The Morgan fingerprint density at radius 3 is 2.27 bits per heavy atom. The first-order chi connectivity index (χ1) is 19.4. The number of nitrogens with zero attached hydrogens (tertiary/aromatic N) is 6. The van der Waals surface area contributed by atoms with Crippen LogP contribution in [0.1, 0.15) is 37.0 Å². The molecule has 2 aromatic carbocycles. The summed E-state index contributed by atoms with van der Waals surface area (Å²) in [6, 6.07) is 16.1. The fourth-order valence-corrected chi connectivity index (χ4v) is 4.09. The van der Waals surface area contributed by atoms with Crippen LogP contribution in [0.15, 0.2) is 83.4 Å². The quantitative estimate of drug-likeness (QED) is 0.238. The van der Waals surface area contributed by atoms with E-state index in [9.17, 15) is 9.18 Å². The van der Waals surface area contributed by atoms with Crippen LogP contribution in [0.4, 0.5) is 10.3 Å². The van der Waals surface area contributed by atoms with Crippen molar-refractivity contribution < 1.29 is 13.9 Å². The van der Waals surface area contributed by atoms with Crippen molar-refractivity contribution in [1.82, 2.24) is 14.9 Å². The molecule has 3 aromatic rings. The average molecular weight is 545 g/mol. The Kier molecular flexibility index (Phi) is 11.5. The molecule has 2 heterocycles. The van der Waals surface area contributed by atoms with Gasteiger partial charge in [0.2, 0.25) is 17.7 Å². The zero-order valence-corrected chi connectivity index (χ0v) is 23.7. The van der Waals surface area contributed by atoms with Gasteiger partial charge in [0, 0.05) is 63.2 Å². The maximum Gasteiger partial charge on any atom is 0.228 e. The smallest absolute Gasteiger partial charge is 0.228 e. The van der Waals surface area contributed by atoms with Crippen LogP contribution in [0.25, 0.3) is 0 Å². The molecule has 1 fully saturated rings. The Hall–Kier alpha value is -4.40. The van der Waals surface area contributed by atoms with E-state index in [1.54, 1.807) is 38.6 Å². The van der Waals surface area contributed by atoms with Gasteiger partial charge in [0.1, 0.15) is 5.82 Å². The number of ether oxygens (including phenoxy) is 1. The first kappa shape index (κ1) is 30.1. The summed E-state index contributed by atoms with van der Waals surface area (Å²) >= 11 is 0. The van der Waals surface area contributed by atoms with E-state index in [-0.39, 0.29) is 11.7 Å². The lowest BCUT2D eigenvalue weighted by molar-refractivity contribution is -0.131. The van der Waals surface area contributed by atoms with Crippen molar-refractivity contribution in [3.63, 3.8) is 0 Å². The number of halogens is 1. The first-order valence-electron chi connectivity index (χ1n) is 13.3. The van der Waals surface area contributed by atoms with Crippen LogP contribution >= 0.6 is 0 Å². The van der Waals surface area contributed by atoms with Gasteiger partial charge in [-0.15, -0.1) is 6.58 Å². The summed E-state index contributed by atoms with van der Waals surface area (Å²) in [5.41, 5.74) is 3.92. The zero-order valence-electron chi connectivity index (χ0n) is 23.7. The van der Waals surface area contributed by atoms with E-state index >= 15 is 0 Å². The number of hydrogen-bond acceptors (Lipinski definition) is 6. The second kappa shape index (κ2) is 15.3. The fourth-order valence-electron chi connectivity index (χ4n) is 4.09. The number of benzene rings is 2. The number of rotatable bonds is 7. The van der Waals surface area contributed by atoms with Crippen LogP contribution < -0.4 is 9.64 Å². The van der Waals surface area contributed by atoms with Crippen molar-refractivity contribution in [2.45, 2.75) is 26.7 Å². The molecule has 0 unspecified atom stereocenters. The number of anilines is 1. The Morgan fingerprint density at radius 1 is 1.05 bits per heavy atom. The molecule has 0 spiro atoms. The molecule has 1 aliphatic rings. The van der Waals surface area contributed by atoms with Crippen LogP contribution in [0.3, 0.4) is 0 Å². The third-order valence-electron chi connectivity index (χ3n) is 6.38. The molecule has 40 heavy (non-hydrogen) atoms. The number of aliphatic imine (C=N–C) groups is 2. The average Bonchev–Trinajstić information content (AvgIpc) is 3.01. The summed E-state index contributed by atoms with van der Waals surface area (Å²) in [6.45, 7) is 10.6. The van der Waals surface area contributed by atoms with E-state index in [0.29, 0.717) is 24.1 Å². The number of allylic oxidation sites excluding steroid dienone is 1. The van der Waals surface area contributed by atoms with Gasteiger partial charge < -0.3 is 14.5 Å². The van der Waals surface area contributed by atoms with E-state index < -0.39 is 0 Å². The van der Waals surface area contributed by atoms with Crippen molar-refractivity contribution in [2.24, 2.45) is 9.98 Å². The highest BCUT2D eigenvalue weighted by Gasteiger charge is 2.21. The van der Waals surface area contributed by atoms with E-state index in [1.165, 1.54) is 17.7 Å². The Morgan fingerprint density at radius 2 is 1.70 bits per heavy atom. The van der Waals surface area contributed by atoms with Gasteiger partial charge in [-0.1, -0.05) is 37.3 Å². The molecule has 8 nitrogen and oxygen atoms in total. The summed E-state index contributed by atoms with van der Waals surface area (Å²) in [6.07, 6.45) is 4.99. The lowest BCUT2D eigenvalue weighted by Gasteiger charge is -2.34. The van der Waals surface area contributed by atoms with Crippen molar-refractivity contribution in [2.75, 3.05) is 45.2 Å². The summed E-state index contributed by atoms with van der Waals surface area (Å²) in [5, 5.41) is 0. The third-order valence-corrected chi connectivity index (χ3v) is 6.38. The highest BCUT2D eigenvalue weighted by Crippen LogP contribution is 2.15. The second-order valence-corrected chi connectivity index (χ2v) is 9.06. The number of piperazine rings is 1. The highest BCUT2D eigenvalue weighted by atomic mass is 19.1. The number of hydrogen-bond donors (Lipinski definition) is 0. The monoisotopic (exact) mass is 544 g/mol. The van der Waals surface area contributed by atoms with E-state index in [1.807, 2.05) is 37.0 Å². The van der Waals surface area contributed by atoms with Gasteiger partial charge in [0.25, 0.3) is 0 Å². The van der Waals surface area contributed by atoms with Crippen LogP contribution in [0, 0.1) is 5.82 Å². The Labute approximate surface area is 236 Å². The third kappa shape index (κ3) is 8.56. The van der Waals surface area contributed by atoms with Crippen LogP contribution in [0.5, 0.6) is 5.88 Å². The Balaban J connectivity index is 0.000000225. The fraction of sp³-hybridized carbons (Fsp3) is 0.323. The van der Waals surface area contributed by atoms with Crippen molar-refractivity contribution in [3.8, 4) is 5.88 Å². The minimum Gasteiger partial charge on any atom is -0.481 e. The molecule has 0 radical (unpaired) electrons. The number of methoxy groups -OCH3 is 1. The van der Waals surface area contributed by atoms with Crippen molar-refractivity contribution in [1.29, 1.82) is 0 Å². The maximum absolute atomic E-state index is 13.0. The second-order valence-electron chi connectivity index (χ2n) is 9.06. The lowest BCUT2D eigenvalue weighted by atomic mass is 10.1. The lowest BCUT2D eigenvalue weighted by Crippen LogP contribution is -2.49. The molecule has 210 valence electrons. The van der Waals surface area contributed by atoms with E-state index in [4.69, 9.17) is 4.74 Å². The van der Waals surface area contributed by atoms with Gasteiger partial charge in [-0.05, 0) is 48.7 Å². The summed E-state index contributed by atoms with van der Waals surface area (Å²) in [4.78, 5) is 32.8. The predicted molar refractivity (Wildman–Crippen MR) is 159 cm³/mol. The molecule has 9 heteroatoms. The molecule has 1 aliphatic heterocycles. The first-order valence-corrected chi connectivity index (χ1v) is 13.3. The molecule has 0 N–H and O–H groups in total. The number of amides is 1. The predicted octanol–water partition coefficient (Wildman–Crippen LogP) is 4.98. The molecule has 1 aromatic heterocycles. The Bertz CT molecular complexity index is 1310. The van der Waals surface area contributed by atoms with Gasteiger partial charge in [-0.3, -0.25) is 9.79 Å². The summed E-state index contributed by atoms with van der Waals surface area (Å²) in [7, 11) is 3.27. The van der Waals surface area contributed by atoms with Gasteiger partial charge in [0.05, 0.1) is 7.11 Å².